The molecule has 0 saturated carbocycles. The van der Waals surface area contributed by atoms with Gasteiger partial charge in [-0.1, -0.05) is 103 Å². The van der Waals surface area contributed by atoms with Crippen LogP contribution in [0.1, 0.15) is 163 Å². The second-order valence-electron chi connectivity index (χ2n) is 26.3. The first-order valence-electron chi connectivity index (χ1n) is 31.0. The summed E-state index contributed by atoms with van der Waals surface area (Å²) in [4.78, 5) is 181. The van der Waals surface area contributed by atoms with Gasteiger partial charge in [-0.15, -0.1) is 0 Å². The summed E-state index contributed by atoms with van der Waals surface area (Å²) in [5, 5.41) is 32.5. The molecule has 0 radical (unpaired) electrons. The van der Waals surface area contributed by atoms with Crippen molar-refractivity contribution in [2.45, 2.75) is 235 Å². The van der Waals surface area contributed by atoms with Crippen molar-refractivity contribution in [1.29, 1.82) is 0 Å². The van der Waals surface area contributed by atoms with Crippen LogP contribution < -0.4 is 21.3 Å². The number of rotatable bonds is 16. The molecule has 498 valence electrons. The van der Waals surface area contributed by atoms with Crippen molar-refractivity contribution in [2.24, 2.45) is 41.4 Å². The molecular weight excluding hydrogens is 1120 g/mol. The molecule has 0 bridgehead atoms. The Kier molecular flexibility index (Phi) is 31.6. The molecule has 14 atom stereocenters. The van der Waals surface area contributed by atoms with Crippen molar-refractivity contribution in [3.8, 4) is 0 Å². The largest absolute Gasteiger partial charge is 0.481 e. The van der Waals surface area contributed by atoms with Gasteiger partial charge in [0, 0.05) is 55.8 Å². The van der Waals surface area contributed by atoms with Crippen LogP contribution in [0.2, 0.25) is 0 Å². The van der Waals surface area contributed by atoms with E-state index >= 15 is 9.59 Å². The third-order valence-corrected chi connectivity index (χ3v) is 17.0. The van der Waals surface area contributed by atoms with Gasteiger partial charge in [0.25, 0.3) is 0 Å². The molecule has 1 saturated heterocycles. The second-order valence-corrected chi connectivity index (χ2v) is 26.3. The minimum absolute atomic E-state index is 0.0319. The average molecular weight is 1230 g/mol. The molecule has 25 heteroatoms. The summed E-state index contributed by atoms with van der Waals surface area (Å²) in [6.45, 7) is 28.7. The number of nitrogens with one attached hydrogen (secondary N) is 4. The Balaban J connectivity index is 4.40. The Morgan fingerprint density at radius 3 is 1.32 bits per heavy atom. The number of amides is 11. The molecule has 0 aromatic rings. The van der Waals surface area contributed by atoms with E-state index in [1.165, 1.54) is 89.7 Å². The van der Waals surface area contributed by atoms with Gasteiger partial charge < -0.3 is 65.8 Å². The van der Waals surface area contributed by atoms with Gasteiger partial charge in [0.1, 0.15) is 66.5 Å². The lowest BCUT2D eigenvalue weighted by Gasteiger charge is -2.41. The lowest BCUT2D eigenvalue weighted by Crippen LogP contribution is -2.64. The van der Waals surface area contributed by atoms with E-state index in [4.69, 9.17) is 0 Å². The van der Waals surface area contributed by atoms with Crippen molar-refractivity contribution < 1.29 is 67.7 Å². The van der Waals surface area contributed by atoms with Crippen LogP contribution in [0.4, 0.5) is 0 Å². The number of carboxylic acids is 1. The van der Waals surface area contributed by atoms with Crippen LogP contribution in [0.15, 0.2) is 0 Å². The van der Waals surface area contributed by atoms with Gasteiger partial charge in [-0.05, 0) is 94.3 Å². The number of hydrogen-bond donors (Lipinski definition) is 6. The molecule has 25 nitrogen and oxygen atoms in total. The molecule has 0 aliphatic carbocycles. The molecule has 1 heterocycles. The number of aliphatic hydroxyl groups is 1. The number of aliphatic hydroxyl groups excluding tert-OH is 1. The van der Waals surface area contributed by atoms with Gasteiger partial charge in [-0.25, -0.2) is 0 Å². The van der Waals surface area contributed by atoms with Crippen molar-refractivity contribution in [2.75, 3.05) is 49.3 Å². The molecule has 1 aliphatic heterocycles. The zero-order valence-electron chi connectivity index (χ0n) is 56.8. The molecule has 0 aromatic heterocycles. The van der Waals surface area contributed by atoms with Gasteiger partial charge in [0.2, 0.25) is 65.0 Å². The Hall–Kier alpha value is -6.40. The third-order valence-electron chi connectivity index (χ3n) is 17.0. The van der Waals surface area contributed by atoms with Gasteiger partial charge in [-0.3, -0.25) is 57.5 Å². The lowest BCUT2D eigenvalue weighted by atomic mass is 9.92. The van der Waals surface area contributed by atoms with Crippen LogP contribution in [0.3, 0.4) is 0 Å². The van der Waals surface area contributed by atoms with Crippen molar-refractivity contribution in [3.63, 3.8) is 0 Å². The topological polar surface area (TPSA) is 316 Å². The fraction of sp³-hybridized carbons (Fsp3) is 0.806. The van der Waals surface area contributed by atoms with E-state index in [1.807, 2.05) is 41.5 Å². The van der Waals surface area contributed by atoms with Gasteiger partial charge in [0.15, 0.2) is 0 Å². The van der Waals surface area contributed by atoms with Gasteiger partial charge in [0.05, 0.1) is 6.10 Å². The minimum atomic E-state index is -1.63. The molecule has 6 N–H and O–H groups in total. The van der Waals surface area contributed by atoms with E-state index in [-0.39, 0.29) is 56.3 Å². The van der Waals surface area contributed by atoms with E-state index in [0.29, 0.717) is 6.42 Å². The number of hydrogen-bond acceptors (Lipinski definition) is 13. The van der Waals surface area contributed by atoms with E-state index in [9.17, 15) is 58.2 Å². The van der Waals surface area contributed by atoms with E-state index in [1.54, 1.807) is 55.4 Å². The first kappa shape index (κ1) is 78.6. The van der Waals surface area contributed by atoms with Gasteiger partial charge in [-0.2, -0.15) is 0 Å². The molecule has 0 spiro atoms. The van der Waals surface area contributed by atoms with Crippen molar-refractivity contribution >= 4 is 70.9 Å². The van der Waals surface area contributed by atoms with E-state index < -0.39 is 167 Å². The van der Waals surface area contributed by atoms with E-state index in [0.717, 1.165) is 14.7 Å². The number of likely N-dealkylation sites (N-methyl/N-ethyl adjacent to an activating group) is 7. The highest BCUT2D eigenvalue weighted by molar-refractivity contribution is 6.00. The maximum atomic E-state index is 15.1. The molecule has 1 rings (SSSR count). The molecule has 0 aromatic carbocycles. The predicted octanol–water partition coefficient (Wildman–Crippen LogP) is 2.56. The third kappa shape index (κ3) is 21.1. The molecule has 87 heavy (non-hydrogen) atoms. The summed E-state index contributed by atoms with van der Waals surface area (Å²) in [5.74, 6) is -12.4. The van der Waals surface area contributed by atoms with Crippen LogP contribution in [0.25, 0.3) is 0 Å². The molecular formula is C62H111N11O14. The zero-order chi connectivity index (χ0) is 67.7. The summed E-state index contributed by atoms with van der Waals surface area (Å²) in [7, 11) is 9.64. The predicted molar refractivity (Wildman–Crippen MR) is 330 cm³/mol. The number of aliphatic carboxylic acids is 1. The molecule has 1 aliphatic rings. The smallest absolute Gasteiger partial charge is 0.303 e. The maximum absolute atomic E-state index is 15.1. The molecule has 1 fully saturated rings. The summed E-state index contributed by atoms with van der Waals surface area (Å²) in [6.07, 6.45) is -1.28. The summed E-state index contributed by atoms with van der Waals surface area (Å²) in [6, 6.07) is -14.4. The second kappa shape index (κ2) is 35.0. The molecule has 0 unspecified atom stereocenters. The molecule has 11 amide bonds. The number of carboxylic acid groups (broad SMARTS) is 1. The van der Waals surface area contributed by atoms with E-state index in [2.05, 4.69) is 21.3 Å². The number of carbonyl (C=O) groups excluding carboxylic acids is 11. The van der Waals surface area contributed by atoms with Crippen LogP contribution >= 0.6 is 0 Å². The summed E-state index contributed by atoms with van der Waals surface area (Å²) in [5.41, 5.74) is 0. The monoisotopic (exact) mass is 1230 g/mol. The summed E-state index contributed by atoms with van der Waals surface area (Å²) < 4.78 is 0. The quantitative estimate of drug-likeness (QED) is 0.130. The number of carbonyl (C=O) groups is 12. The first-order valence-corrected chi connectivity index (χ1v) is 31.0. The Morgan fingerprint density at radius 2 is 0.874 bits per heavy atom. The highest BCUT2D eigenvalue weighted by Crippen LogP contribution is 2.26. The van der Waals surface area contributed by atoms with Crippen LogP contribution in [0, 0.1) is 41.4 Å². The van der Waals surface area contributed by atoms with Gasteiger partial charge >= 0.3 is 5.97 Å². The van der Waals surface area contributed by atoms with Crippen LogP contribution in [-0.4, -0.2) is 237 Å². The zero-order valence-corrected chi connectivity index (χ0v) is 56.8. The fourth-order valence-electron chi connectivity index (χ4n) is 11.1. The maximum Gasteiger partial charge on any atom is 0.303 e. The lowest BCUT2D eigenvalue weighted by molar-refractivity contribution is -0.157. The average Bonchev–Trinajstić information content (AvgIpc) is 3.65. The normalized spacial score (nSPS) is 27.6. The Morgan fingerprint density at radius 1 is 0.448 bits per heavy atom. The number of nitrogens with zero attached hydrogens (tertiary/aromatic N) is 7. The van der Waals surface area contributed by atoms with Crippen molar-refractivity contribution in [3.05, 3.63) is 0 Å². The highest BCUT2D eigenvalue weighted by atomic mass is 16.4. The SMILES string of the molecule is CC[C@@H]1NC(=O)[C@H]([C@H](O)[C@H](C)CC)N(C)C(=O)[C@H](C(C)C)N(C)C(=O)[C@H](CC(C)C)N(C)C(=O)[C@H](CC(C)C)N(C)C(=O)[C@@H](C)NC(=O)[C@H](C)NC(=O)[C@H](CC(C)C)N(C)C(=O)[C@H](C(C)C)NC(=O)[C@H]([C@H](C)CCC(=O)O)N(C)C(=O)[C@@H](C)N(C)C1=O. The first-order chi connectivity index (χ1) is 40.0. The Labute approximate surface area is 518 Å². The fourth-order valence-corrected chi connectivity index (χ4v) is 11.1. The highest BCUT2D eigenvalue weighted by Gasteiger charge is 2.46. The minimum Gasteiger partial charge on any atom is -0.481 e. The standard InChI is InChI=1S/C62H111N11O14/c1-25-37(13)51(76)50-55(80)65-42(26-2)58(83)67(18)41(17)57(82)72(23)49(38(14)27-28-46(74)75)54(79)66-47(35(9)10)61(86)68(19)43(29-32(3)4)53(78)63-39(15)52(77)64-40(16)56(81)69(20)44(30-33(5)6)59(84)70(21)45(31-34(7)8)60(85)71(22)48(36(11)12)62(87)73(50)24/h32-45,47-51,76H,25-31H2,1-24H3,(H,63,78)(H,64,77)(H,65,80)(H,66,79)(H,74,75)/t37-,38-,39+,40-,41-,42+,43+,44+,45+,47+,48+,49+,50+,51-/m1/s1. The van der Waals surface area contributed by atoms with Crippen molar-refractivity contribution in [1.82, 2.24) is 55.6 Å². The summed E-state index contributed by atoms with van der Waals surface area (Å²) >= 11 is 0. The van der Waals surface area contributed by atoms with Crippen LogP contribution in [0.5, 0.6) is 0 Å². The van der Waals surface area contributed by atoms with Crippen LogP contribution in [-0.2, 0) is 57.5 Å². The Bertz CT molecular complexity index is 2400.